The van der Waals surface area contributed by atoms with E-state index in [4.69, 9.17) is 4.74 Å². The quantitative estimate of drug-likeness (QED) is 0.831. The Hall–Kier alpha value is -2.68. The zero-order valence-corrected chi connectivity index (χ0v) is 11.9. The molecule has 0 unspecified atom stereocenters. The standard InChI is InChI=1S/C18H16N2O/c1-3-17-13(2)21-12-18(20-17)15-8-6-14(7-9-15)16-5-4-10-19-11-16/h3-11H,2,12H2,1H3/b17-3+. The summed E-state index contributed by atoms with van der Waals surface area (Å²) in [6.45, 7) is 6.24. The first kappa shape index (κ1) is 13.3. The molecule has 0 N–H and O–H groups in total. The largest absolute Gasteiger partial charge is 0.486 e. The predicted molar refractivity (Wildman–Crippen MR) is 85.1 cm³/mol. The van der Waals surface area contributed by atoms with Crippen LogP contribution in [0.1, 0.15) is 12.5 Å². The van der Waals surface area contributed by atoms with Crippen LogP contribution in [0, 0.1) is 0 Å². The highest BCUT2D eigenvalue weighted by Crippen LogP contribution is 2.22. The third-order valence-corrected chi connectivity index (χ3v) is 3.41. The fraction of sp³-hybridized carbons (Fsp3) is 0.111. The zero-order chi connectivity index (χ0) is 14.7. The average molecular weight is 276 g/mol. The van der Waals surface area contributed by atoms with Gasteiger partial charge in [-0.2, -0.15) is 0 Å². The van der Waals surface area contributed by atoms with Crippen molar-refractivity contribution in [3.63, 3.8) is 0 Å². The summed E-state index contributed by atoms with van der Waals surface area (Å²) in [5.41, 5.74) is 5.03. The van der Waals surface area contributed by atoms with Crippen molar-refractivity contribution in [1.82, 2.24) is 4.98 Å². The summed E-state index contributed by atoms with van der Waals surface area (Å²) in [7, 11) is 0. The van der Waals surface area contributed by atoms with Crippen LogP contribution < -0.4 is 0 Å². The van der Waals surface area contributed by atoms with E-state index in [-0.39, 0.29) is 0 Å². The lowest BCUT2D eigenvalue weighted by Gasteiger charge is -2.18. The molecule has 3 rings (SSSR count). The van der Waals surface area contributed by atoms with E-state index in [1.165, 1.54) is 0 Å². The van der Waals surface area contributed by atoms with Crippen LogP contribution in [0.2, 0.25) is 0 Å². The van der Waals surface area contributed by atoms with Crippen LogP contribution in [0.3, 0.4) is 0 Å². The zero-order valence-electron chi connectivity index (χ0n) is 11.9. The molecule has 0 aliphatic carbocycles. The number of hydrogen-bond acceptors (Lipinski definition) is 3. The predicted octanol–water partition coefficient (Wildman–Crippen LogP) is 3.99. The van der Waals surface area contributed by atoms with Gasteiger partial charge in [-0.05, 0) is 29.7 Å². The number of ether oxygens (including phenoxy) is 1. The van der Waals surface area contributed by atoms with E-state index in [0.29, 0.717) is 12.4 Å². The molecule has 1 aliphatic rings. The molecule has 21 heavy (non-hydrogen) atoms. The minimum atomic E-state index is 0.461. The highest BCUT2D eigenvalue weighted by atomic mass is 16.5. The summed E-state index contributed by atoms with van der Waals surface area (Å²) in [6.07, 6.45) is 5.54. The van der Waals surface area contributed by atoms with E-state index < -0.39 is 0 Å². The molecule has 0 amide bonds. The van der Waals surface area contributed by atoms with E-state index in [1.54, 1.807) is 6.20 Å². The smallest absolute Gasteiger partial charge is 0.138 e. The molecule has 1 aliphatic heterocycles. The van der Waals surface area contributed by atoms with Crippen molar-refractivity contribution in [2.75, 3.05) is 6.61 Å². The maximum atomic E-state index is 5.56. The summed E-state index contributed by atoms with van der Waals surface area (Å²) in [6, 6.07) is 12.3. The van der Waals surface area contributed by atoms with Crippen LogP contribution in [-0.4, -0.2) is 17.3 Å². The van der Waals surface area contributed by atoms with Crippen LogP contribution in [0.5, 0.6) is 0 Å². The molecule has 104 valence electrons. The van der Waals surface area contributed by atoms with Gasteiger partial charge < -0.3 is 4.74 Å². The second-order valence-electron chi connectivity index (χ2n) is 4.76. The second-order valence-corrected chi connectivity index (χ2v) is 4.76. The van der Waals surface area contributed by atoms with E-state index in [2.05, 4.69) is 40.8 Å². The Morgan fingerprint density at radius 3 is 2.52 bits per heavy atom. The van der Waals surface area contributed by atoms with Crippen molar-refractivity contribution in [2.24, 2.45) is 4.99 Å². The van der Waals surface area contributed by atoms with E-state index >= 15 is 0 Å². The van der Waals surface area contributed by atoms with Crippen molar-refractivity contribution in [3.8, 4) is 11.1 Å². The molecule has 0 atom stereocenters. The van der Waals surface area contributed by atoms with Gasteiger partial charge in [-0.15, -0.1) is 0 Å². The van der Waals surface area contributed by atoms with Crippen LogP contribution in [0.25, 0.3) is 11.1 Å². The van der Waals surface area contributed by atoms with Gasteiger partial charge in [0.2, 0.25) is 0 Å². The summed E-state index contributed by atoms with van der Waals surface area (Å²) >= 11 is 0. The maximum Gasteiger partial charge on any atom is 0.138 e. The third kappa shape index (κ3) is 2.77. The van der Waals surface area contributed by atoms with Gasteiger partial charge in [-0.3, -0.25) is 4.98 Å². The molecule has 2 heterocycles. The summed E-state index contributed by atoms with van der Waals surface area (Å²) < 4.78 is 5.56. The summed E-state index contributed by atoms with van der Waals surface area (Å²) in [5, 5.41) is 0. The van der Waals surface area contributed by atoms with Gasteiger partial charge in [0, 0.05) is 12.4 Å². The Labute approximate surface area is 124 Å². The summed E-state index contributed by atoms with van der Waals surface area (Å²) in [4.78, 5) is 8.74. The van der Waals surface area contributed by atoms with Gasteiger partial charge in [0.05, 0.1) is 5.71 Å². The molecule has 1 aromatic carbocycles. The van der Waals surface area contributed by atoms with Gasteiger partial charge in [0.25, 0.3) is 0 Å². The number of pyridine rings is 1. The van der Waals surface area contributed by atoms with Crippen LogP contribution >= 0.6 is 0 Å². The molecule has 0 fully saturated rings. The molecule has 0 saturated heterocycles. The van der Waals surface area contributed by atoms with Crippen molar-refractivity contribution in [3.05, 3.63) is 78.5 Å². The number of aliphatic imine (C=N–C) groups is 1. The highest BCUT2D eigenvalue weighted by molar-refractivity contribution is 6.03. The van der Waals surface area contributed by atoms with E-state index in [1.807, 2.05) is 31.3 Å². The van der Waals surface area contributed by atoms with Gasteiger partial charge in [-0.1, -0.05) is 43.0 Å². The fourth-order valence-corrected chi connectivity index (χ4v) is 2.23. The number of aromatic nitrogens is 1. The Bertz CT molecular complexity index is 713. The van der Waals surface area contributed by atoms with Gasteiger partial charge >= 0.3 is 0 Å². The van der Waals surface area contributed by atoms with Gasteiger partial charge in [0.1, 0.15) is 18.1 Å². The van der Waals surface area contributed by atoms with Crippen molar-refractivity contribution >= 4 is 5.71 Å². The molecule has 0 bridgehead atoms. The number of benzene rings is 1. The Morgan fingerprint density at radius 2 is 1.86 bits per heavy atom. The average Bonchev–Trinajstić information content (AvgIpc) is 2.56. The molecular formula is C18H16N2O. The minimum absolute atomic E-state index is 0.461. The lowest BCUT2D eigenvalue weighted by Crippen LogP contribution is -2.16. The number of rotatable bonds is 2. The topological polar surface area (TPSA) is 34.5 Å². The minimum Gasteiger partial charge on any atom is -0.486 e. The van der Waals surface area contributed by atoms with E-state index in [9.17, 15) is 0 Å². The van der Waals surface area contributed by atoms with E-state index in [0.717, 1.165) is 28.1 Å². The first-order valence-electron chi connectivity index (χ1n) is 6.84. The molecule has 0 radical (unpaired) electrons. The second kappa shape index (κ2) is 5.75. The molecule has 0 spiro atoms. The number of nitrogens with zero attached hydrogens (tertiary/aromatic N) is 2. The number of allylic oxidation sites excluding steroid dienone is 1. The highest BCUT2D eigenvalue weighted by Gasteiger charge is 2.14. The van der Waals surface area contributed by atoms with Gasteiger partial charge in [-0.25, -0.2) is 4.99 Å². The first-order valence-corrected chi connectivity index (χ1v) is 6.84. The molecule has 3 heteroatoms. The summed E-state index contributed by atoms with van der Waals surface area (Å²) in [5.74, 6) is 0.633. The van der Waals surface area contributed by atoms with Crippen molar-refractivity contribution < 1.29 is 4.74 Å². The van der Waals surface area contributed by atoms with Gasteiger partial charge in [0.15, 0.2) is 0 Å². The Balaban J connectivity index is 1.90. The molecular weight excluding hydrogens is 260 g/mol. The molecule has 3 nitrogen and oxygen atoms in total. The lowest BCUT2D eigenvalue weighted by molar-refractivity contribution is 0.262. The fourth-order valence-electron chi connectivity index (χ4n) is 2.23. The Morgan fingerprint density at radius 1 is 1.10 bits per heavy atom. The number of hydrogen-bond donors (Lipinski definition) is 0. The Kier molecular flexibility index (Phi) is 3.65. The lowest BCUT2D eigenvalue weighted by atomic mass is 10.0. The van der Waals surface area contributed by atoms with Crippen molar-refractivity contribution in [2.45, 2.75) is 6.92 Å². The SMILES string of the molecule is C=C1OCC(c2ccc(-c3cccnc3)cc2)=N/C1=C/C. The third-order valence-electron chi connectivity index (χ3n) is 3.41. The maximum absolute atomic E-state index is 5.56. The normalized spacial score (nSPS) is 16.5. The monoisotopic (exact) mass is 276 g/mol. The molecule has 2 aromatic rings. The molecule has 0 saturated carbocycles. The first-order chi connectivity index (χ1) is 10.3. The van der Waals surface area contributed by atoms with Crippen LogP contribution in [0.4, 0.5) is 0 Å². The molecule has 1 aromatic heterocycles. The van der Waals surface area contributed by atoms with Crippen LogP contribution in [0.15, 0.2) is 77.9 Å². The van der Waals surface area contributed by atoms with Crippen LogP contribution in [-0.2, 0) is 4.74 Å². The van der Waals surface area contributed by atoms with Crippen molar-refractivity contribution in [1.29, 1.82) is 0 Å².